The number of nitrogens with zero attached hydrogens (tertiary/aromatic N) is 2. The Balaban J connectivity index is 2.17. The molecule has 3 rings (SSSR count). The predicted octanol–water partition coefficient (Wildman–Crippen LogP) is 4.91. The number of alkyl halides is 3. The molecule has 0 aliphatic rings. The number of rotatable bonds is 2. The fourth-order valence-electron chi connectivity index (χ4n) is 2.49. The van der Waals surface area contributed by atoms with Gasteiger partial charge in [0.1, 0.15) is 5.82 Å². The standard InChI is InChI=1S/C17H12F4N2/c1-23-9-13(11-4-6-22-7-5-11)14(10-23)12-2-3-16(18)15(8-12)17(19,20)21/h2-10H,1H3. The molecule has 0 amide bonds. The van der Waals surface area contributed by atoms with Gasteiger partial charge in [-0.05, 0) is 35.4 Å². The Bertz CT molecular complexity index is 836. The SMILES string of the molecule is Cn1cc(-c2ccncc2)c(-c2ccc(F)c(C(F)(F)F)c2)c1. The van der Waals surface area contributed by atoms with Crippen molar-refractivity contribution in [2.75, 3.05) is 0 Å². The zero-order chi connectivity index (χ0) is 16.6. The second-order valence-electron chi connectivity index (χ2n) is 5.18. The maximum Gasteiger partial charge on any atom is 0.419 e. The normalized spacial score (nSPS) is 11.7. The average molecular weight is 320 g/mol. The van der Waals surface area contributed by atoms with Gasteiger partial charge in [0, 0.05) is 43.0 Å². The van der Waals surface area contributed by atoms with Gasteiger partial charge in [0.05, 0.1) is 5.56 Å². The van der Waals surface area contributed by atoms with Crippen LogP contribution in [0.2, 0.25) is 0 Å². The fourth-order valence-corrected chi connectivity index (χ4v) is 2.49. The molecule has 2 aromatic heterocycles. The summed E-state index contributed by atoms with van der Waals surface area (Å²) >= 11 is 0. The number of halogens is 4. The minimum absolute atomic E-state index is 0.311. The van der Waals surface area contributed by atoms with E-state index in [0.717, 1.165) is 23.3 Å². The number of aryl methyl sites for hydroxylation is 1. The lowest BCUT2D eigenvalue weighted by molar-refractivity contribution is -0.139. The Kier molecular flexibility index (Phi) is 3.67. The highest BCUT2D eigenvalue weighted by molar-refractivity contribution is 5.83. The first-order valence-corrected chi connectivity index (χ1v) is 6.80. The van der Waals surface area contributed by atoms with Gasteiger partial charge in [0.2, 0.25) is 0 Å². The summed E-state index contributed by atoms with van der Waals surface area (Å²) in [6.45, 7) is 0. The Morgan fingerprint density at radius 1 is 0.913 bits per heavy atom. The molecular weight excluding hydrogens is 308 g/mol. The number of benzene rings is 1. The molecule has 2 heterocycles. The van der Waals surface area contributed by atoms with Crippen LogP contribution in [-0.4, -0.2) is 9.55 Å². The lowest BCUT2D eigenvalue weighted by atomic mass is 9.98. The second-order valence-corrected chi connectivity index (χ2v) is 5.18. The maximum absolute atomic E-state index is 13.5. The molecule has 0 atom stereocenters. The van der Waals surface area contributed by atoms with Crippen molar-refractivity contribution < 1.29 is 17.6 Å². The molecule has 0 aliphatic carbocycles. The molecule has 118 valence electrons. The van der Waals surface area contributed by atoms with Crippen molar-refractivity contribution in [1.82, 2.24) is 9.55 Å². The van der Waals surface area contributed by atoms with E-state index in [1.54, 1.807) is 48.5 Å². The first kappa shape index (κ1) is 15.3. The number of hydrogen-bond acceptors (Lipinski definition) is 1. The first-order chi connectivity index (χ1) is 10.9. The van der Waals surface area contributed by atoms with Crippen LogP contribution < -0.4 is 0 Å². The third kappa shape index (κ3) is 2.97. The highest BCUT2D eigenvalue weighted by Crippen LogP contribution is 2.37. The molecule has 0 fully saturated rings. The van der Waals surface area contributed by atoms with Crippen molar-refractivity contribution in [3.8, 4) is 22.3 Å². The average Bonchev–Trinajstić information content (AvgIpc) is 2.89. The van der Waals surface area contributed by atoms with E-state index in [2.05, 4.69) is 4.98 Å². The molecule has 6 heteroatoms. The number of aromatic nitrogens is 2. The Morgan fingerprint density at radius 3 is 2.13 bits per heavy atom. The summed E-state index contributed by atoms with van der Waals surface area (Å²) in [4.78, 5) is 3.93. The van der Waals surface area contributed by atoms with Crippen LogP contribution in [0.4, 0.5) is 17.6 Å². The van der Waals surface area contributed by atoms with Crippen molar-refractivity contribution in [1.29, 1.82) is 0 Å². The van der Waals surface area contributed by atoms with Gasteiger partial charge in [-0.1, -0.05) is 6.07 Å². The van der Waals surface area contributed by atoms with Crippen molar-refractivity contribution >= 4 is 0 Å². The van der Waals surface area contributed by atoms with E-state index in [9.17, 15) is 17.6 Å². The van der Waals surface area contributed by atoms with Gasteiger partial charge in [-0.25, -0.2) is 4.39 Å². The third-order valence-electron chi connectivity index (χ3n) is 3.53. The summed E-state index contributed by atoms with van der Waals surface area (Å²) in [5.41, 5.74) is 1.23. The van der Waals surface area contributed by atoms with Gasteiger partial charge in [-0.15, -0.1) is 0 Å². The molecule has 23 heavy (non-hydrogen) atoms. The van der Waals surface area contributed by atoms with Gasteiger partial charge in [-0.3, -0.25) is 4.98 Å². The van der Waals surface area contributed by atoms with E-state index in [0.29, 0.717) is 11.1 Å². The number of pyridine rings is 1. The topological polar surface area (TPSA) is 17.8 Å². The molecule has 0 radical (unpaired) electrons. The van der Waals surface area contributed by atoms with Crippen LogP contribution in [0.1, 0.15) is 5.56 Å². The van der Waals surface area contributed by atoms with E-state index in [-0.39, 0.29) is 0 Å². The highest BCUT2D eigenvalue weighted by Gasteiger charge is 2.34. The van der Waals surface area contributed by atoms with Gasteiger partial charge >= 0.3 is 6.18 Å². The smallest absolute Gasteiger partial charge is 0.356 e. The monoisotopic (exact) mass is 320 g/mol. The van der Waals surface area contributed by atoms with Gasteiger partial charge < -0.3 is 4.57 Å². The minimum Gasteiger partial charge on any atom is -0.356 e. The molecular formula is C17H12F4N2. The summed E-state index contributed by atoms with van der Waals surface area (Å²) < 4.78 is 54.0. The van der Waals surface area contributed by atoms with Crippen LogP contribution in [-0.2, 0) is 13.2 Å². The fraction of sp³-hybridized carbons (Fsp3) is 0.118. The Morgan fingerprint density at radius 2 is 1.52 bits per heavy atom. The first-order valence-electron chi connectivity index (χ1n) is 6.80. The van der Waals surface area contributed by atoms with Crippen LogP contribution in [0.25, 0.3) is 22.3 Å². The Labute approximate surface area is 130 Å². The molecule has 3 aromatic rings. The highest BCUT2D eigenvalue weighted by atomic mass is 19.4. The van der Waals surface area contributed by atoms with E-state index in [4.69, 9.17) is 0 Å². The van der Waals surface area contributed by atoms with Crippen LogP contribution in [0.3, 0.4) is 0 Å². The minimum atomic E-state index is -4.73. The summed E-state index contributed by atoms with van der Waals surface area (Å²) in [6.07, 6.45) is 2.01. The largest absolute Gasteiger partial charge is 0.419 e. The molecule has 2 nitrogen and oxygen atoms in total. The second kappa shape index (κ2) is 5.53. The van der Waals surface area contributed by atoms with Crippen molar-refractivity contribution in [2.24, 2.45) is 7.05 Å². The van der Waals surface area contributed by atoms with E-state index >= 15 is 0 Å². The summed E-state index contributed by atoms with van der Waals surface area (Å²) in [6, 6.07) is 6.58. The molecule has 0 unspecified atom stereocenters. The van der Waals surface area contributed by atoms with Gasteiger partial charge in [0.15, 0.2) is 0 Å². The Hall–Kier alpha value is -2.63. The molecule has 0 spiro atoms. The molecule has 0 saturated carbocycles. The lowest BCUT2D eigenvalue weighted by Gasteiger charge is -2.11. The van der Waals surface area contributed by atoms with Crippen LogP contribution >= 0.6 is 0 Å². The predicted molar refractivity (Wildman–Crippen MR) is 79.0 cm³/mol. The van der Waals surface area contributed by atoms with E-state index < -0.39 is 17.6 Å². The summed E-state index contributed by atoms with van der Waals surface area (Å²) in [5.74, 6) is -1.28. The van der Waals surface area contributed by atoms with Gasteiger partial charge in [-0.2, -0.15) is 13.2 Å². The summed E-state index contributed by atoms with van der Waals surface area (Å²) in [5, 5.41) is 0. The molecule has 1 aromatic carbocycles. The van der Waals surface area contributed by atoms with E-state index in [1.807, 2.05) is 0 Å². The zero-order valence-electron chi connectivity index (χ0n) is 12.1. The van der Waals surface area contributed by atoms with E-state index in [1.165, 1.54) is 6.07 Å². The van der Waals surface area contributed by atoms with Crippen molar-refractivity contribution in [3.63, 3.8) is 0 Å². The third-order valence-corrected chi connectivity index (χ3v) is 3.53. The quantitative estimate of drug-likeness (QED) is 0.613. The molecule has 0 saturated heterocycles. The van der Waals surface area contributed by atoms with Crippen LogP contribution in [0.15, 0.2) is 55.1 Å². The van der Waals surface area contributed by atoms with Gasteiger partial charge in [0.25, 0.3) is 0 Å². The molecule has 0 aliphatic heterocycles. The lowest BCUT2D eigenvalue weighted by Crippen LogP contribution is -2.08. The van der Waals surface area contributed by atoms with Crippen LogP contribution in [0.5, 0.6) is 0 Å². The number of hydrogen-bond donors (Lipinski definition) is 0. The zero-order valence-corrected chi connectivity index (χ0v) is 12.1. The molecule has 0 bridgehead atoms. The van der Waals surface area contributed by atoms with Crippen LogP contribution in [0, 0.1) is 5.82 Å². The van der Waals surface area contributed by atoms with Crippen molar-refractivity contribution in [2.45, 2.75) is 6.18 Å². The summed E-state index contributed by atoms with van der Waals surface area (Å²) in [7, 11) is 1.78. The molecule has 0 N–H and O–H groups in total. The van der Waals surface area contributed by atoms with Crippen molar-refractivity contribution in [3.05, 3.63) is 66.5 Å². The maximum atomic E-state index is 13.5.